The number of nitrogens with zero attached hydrogens (tertiary/aromatic N) is 2. The highest BCUT2D eigenvalue weighted by Gasteiger charge is 2.23. The van der Waals surface area contributed by atoms with E-state index in [4.69, 9.17) is 10.5 Å². The van der Waals surface area contributed by atoms with Crippen LogP contribution in [0.4, 0.5) is 0 Å². The molecule has 0 bridgehead atoms. The molecule has 0 radical (unpaired) electrons. The normalized spacial score (nSPS) is 18.5. The summed E-state index contributed by atoms with van der Waals surface area (Å²) in [6.45, 7) is 0. The van der Waals surface area contributed by atoms with Crippen molar-refractivity contribution < 1.29 is 0 Å². The highest BCUT2D eigenvalue weighted by Crippen LogP contribution is 2.48. The lowest BCUT2D eigenvalue weighted by Gasteiger charge is -1.97. The minimum absolute atomic E-state index is 0.226. The molecule has 0 saturated carbocycles. The molecule has 0 atom stereocenters. The van der Waals surface area contributed by atoms with E-state index in [9.17, 15) is 0 Å². The van der Waals surface area contributed by atoms with Gasteiger partial charge in [-0.25, -0.2) is 0 Å². The average molecular weight is 204 g/mol. The van der Waals surface area contributed by atoms with Gasteiger partial charge in [-0.2, -0.15) is 10.5 Å². The molecule has 1 aliphatic heterocycles. The summed E-state index contributed by atoms with van der Waals surface area (Å²) in [5.74, 6) is 0.898. The van der Waals surface area contributed by atoms with E-state index < -0.39 is 0 Å². The van der Waals surface area contributed by atoms with Crippen LogP contribution in [0.15, 0.2) is 33.8 Å². The maximum Gasteiger partial charge on any atom is 0.137 e. The Hall–Kier alpha value is -1.10. The maximum atomic E-state index is 8.71. The first-order valence-corrected chi connectivity index (χ1v) is 5.94. The molecule has 1 heterocycles. The molecule has 0 N–H and O–H groups in total. The van der Waals surface area contributed by atoms with Crippen molar-refractivity contribution in [1.29, 1.82) is 10.5 Å². The van der Waals surface area contributed by atoms with Gasteiger partial charge >= 0.3 is 0 Å². The number of allylic oxidation sites excluding steroid dienone is 4. The van der Waals surface area contributed by atoms with E-state index in [1.165, 1.54) is 4.91 Å². The third-order valence-electron chi connectivity index (χ3n) is 1.87. The molecule has 0 aromatic carbocycles. The number of hydrogen-bond acceptors (Lipinski definition) is 4. The van der Waals surface area contributed by atoms with Gasteiger partial charge in [-0.15, -0.1) is 0 Å². The quantitative estimate of drug-likeness (QED) is 0.449. The lowest BCUT2D eigenvalue weighted by atomic mass is 10.1. The fourth-order valence-corrected chi connectivity index (χ4v) is 3.74. The van der Waals surface area contributed by atoms with Gasteiger partial charge in [0.15, 0.2) is 0 Å². The largest absolute Gasteiger partial charge is 0.192 e. The second-order valence-corrected chi connectivity index (χ2v) is 4.87. The van der Waals surface area contributed by atoms with Gasteiger partial charge in [0.2, 0.25) is 0 Å². The molecule has 0 fully saturated rings. The summed E-state index contributed by atoms with van der Waals surface area (Å²) in [5.41, 5.74) is 2.19. The van der Waals surface area contributed by atoms with Crippen LogP contribution in [-0.4, -0.2) is 5.75 Å². The second-order valence-electron chi connectivity index (χ2n) is 2.53. The smallest absolute Gasteiger partial charge is 0.137 e. The first kappa shape index (κ1) is 8.50. The van der Waals surface area contributed by atoms with E-state index in [0.29, 0.717) is 0 Å². The van der Waals surface area contributed by atoms with Gasteiger partial charge in [-0.1, -0.05) is 27.7 Å². The fourth-order valence-electron chi connectivity index (χ4n) is 1.25. The lowest BCUT2D eigenvalue weighted by molar-refractivity contribution is 1.40. The Balaban J connectivity index is 2.51. The van der Waals surface area contributed by atoms with E-state index in [1.807, 2.05) is 24.3 Å². The molecular weight excluding hydrogens is 200 g/mol. The number of nitriles is 2. The Morgan fingerprint density at radius 1 is 1.31 bits per heavy atom. The third-order valence-corrected chi connectivity index (χ3v) is 4.20. The summed E-state index contributed by atoms with van der Waals surface area (Å²) in [7, 11) is 3.46. The van der Waals surface area contributed by atoms with Crippen LogP contribution in [0.2, 0.25) is 0 Å². The maximum absolute atomic E-state index is 8.71. The van der Waals surface area contributed by atoms with Crippen LogP contribution in [0.25, 0.3) is 0 Å². The fraction of sp³-hybridized carbons (Fsp3) is 0.111. The minimum Gasteiger partial charge on any atom is -0.192 e. The molecule has 13 heavy (non-hydrogen) atoms. The molecule has 0 aromatic heterocycles. The highest BCUT2D eigenvalue weighted by atomic mass is 33.1. The lowest BCUT2D eigenvalue weighted by Crippen LogP contribution is -1.89. The average Bonchev–Trinajstić information content (AvgIpc) is 2.70. The summed E-state index contributed by atoms with van der Waals surface area (Å²) in [5, 5.41) is 17.4. The van der Waals surface area contributed by atoms with Crippen molar-refractivity contribution in [1.82, 2.24) is 0 Å². The molecule has 2 aliphatic rings. The van der Waals surface area contributed by atoms with Gasteiger partial charge < -0.3 is 0 Å². The van der Waals surface area contributed by atoms with Gasteiger partial charge in [0.25, 0.3) is 0 Å². The molecule has 0 saturated heterocycles. The van der Waals surface area contributed by atoms with E-state index in [1.54, 1.807) is 21.6 Å². The standard InChI is InChI=1S/C9H4N2S2/c10-3-6(4-11)7-1-2-9-8(7)5-12-13-9/h1-2H,5H2. The van der Waals surface area contributed by atoms with Crippen LogP contribution >= 0.6 is 21.6 Å². The zero-order valence-electron chi connectivity index (χ0n) is 6.57. The van der Waals surface area contributed by atoms with Crippen molar-refractivity contribution >= 4 is 21.6 Å². The predicted octanol–water partition coefficient (Wildman–Crippen LogP) is 2.55. The molecule has 1 aliphatic carbocycles. The van der Waals surface area contributed by atoms with Gasteiger partial charge in [0, 0.05) is 16.2 Å². The van der Waals surface area contributed by atoms with Crippen molar-refractivity contribution in [3.05, 3.63) is 33.8 Å². The van der Waals surface area contributed by atoms with Crippen LogP contribution in [0.5, 0.6) is 0 Å². The molecular formula is C9H4N2S2. The van der Waals surface area contributed by atoms with Crippen LogP contribution in [0.1, 0.15) is 0 Å². The topological polar surface area (TPSA) is 47.6 Å². The molecule has 0 amide bonds. The molecule has 0 unspecified atom stereocenters. The third kappa shape index (κ3) is 1.29. The van der Waals surface area contributed by atoms with Crippen molar-refractivity contribution in [3.63, 3.8) is 0 Å². The Kier molecular flexibility index (Phi) is 2.18. The predicted molar refractivity (Wildman–Crippen MR) is 54.5 cm³/mol. The van der Waals surface area contributed by atoms with Gasteiger partial charge in [-0.3, -0.25) is 0 Å². The zero-order chi connectivity index (χ0) is 9.26. The van der Waals surface area contributed by atoms with E-state index in [-0.39, 0.29) is 5.57 Å². The van der Waals surface area contributed by atoms with Gasteiger partial charge in [0.05, 0.1) is 0 Å². The molecule has 2 rings (SSSR count). The summed E-state index contributed by atoms with van der Waals surface area (Å²) >= 11 is 0. The summed E-state index contributed by atoms with van der Waals surface area (Å²) in [4.78, 5) is 1.20. The van der Waals surface area contributed by atoms with Crippen LogP contribution in [0.3, 0.4) is 0 Å². The van der Waals surface area contributed by atoms with Gasteiger partial charge in [-0.05, 0) is 11.6 Å². The SMILES string of the molecule is N#CC(C#N)=C1C=CC2=C1CSS2. The summed E-state index contributed by atoms with van der Waals surface area (Å²) in [6, 6.07) is 3.84. The van der Waals surface area contributed by atoms with Crippen LogP contribution in [0, 0.1) is 22.7 Å². The van der Waals surface area contributed by atoms with E-state index >= 15 is 0 Å². The Morgan fingerprint density at radius 3 is 2.77 bits per heavy atom. The molecule has 62 valence electrons. The molecule has 4 heteroatoms. The van der Waals surface area contributed by atoms with Crippen molar-refractivity contribution in [3.8, 4) is 12.1 Å². The van der Waals surface area contributed by atoms with Crippen LogP contribution < -0.4 is 0 Å². The Morgan fingerprint density at radius 2 is 2.08 bits per heavy atom. The van der Waals surface area contributed by atoms with Crippen molar-refractivity contribution in [2.75, 3.05) is 5.75 Å². The van der Waals surface area contributed by atoms with Crippen LogP contribution in [-0.2, 0) is 0 Å². The van der Waals surface area contributed by atoms with E-state index in [0.717, 1.165) is 16.9 Å². The summed E-state index contributed by atoms with van der Waals surface area (Å²) in [6.07, 6.45) is 3.84. The monoisotopic (exact) mass is 204 g/mol. The second kappa shape index (κ2) is 3.33. The number of hydrogen-bond donors (Lipinski definition) is 0. The summed E-state index contributed by atoms with van der Waals surface area (Å²) < 4.78 is 0. The molecule has 2 nitrogen and oxygen atoms in total. The van der Waals surface area contributed by atoms with Crippen molar-refractivity contribution in [2.45, 2.75) is 0 Å². The van der Waals surface area contributed by atoms with E-state index in [2.05, 4.69) is 0 Å². The Bertz CT molecular complexity index is 414. The van der Waals surface area contributed by atoms with Crippen molar-refractivity contribution in [2.24, 2.45) is 0 Å². The minimum atomic E-state index is 0.226. The van der Waals surface area contributed by atoms with Gasteiger partial charge in [0.1, 0.15) is 17.7 Å². The highest BCUT2D eigenvalue weighted by molar-refractivity contribution is 8.78. The molecule has 0 aromatic rings. The number of rotatable bonds is 0. The first-order chi connectivity index (χ1) is 6.36. The Labute approximate surface area is 84.0 Å². The first-order valence-electron chi connectivity index (χ1n) is 3.62. The zero-order valence-corrected chi connectivity index (χ0v) is 8.21. The molecule has 0 spiro atoms.